The summed E-state index contributed by atoms with van der Waals surface area (Å²) in [6.07, 6.45) is 3.39. The normalized spacial score (nSPS) is 13.8. The van der Waals surface area contributed by atoms with Gasteiger partial charge in [0.15, 0.2) is 0 Å². The number of morpholine rings is 1. The van der Waals surface area contributed by atoms with Gasteiger partial charge in [-0.3, -0.25) is 4.98 Å². The van der Waals surface area contributed by atoms with Gasteiger partial charge in [-0.15, -0.1) is 0 Å². The summed E-state index contributed by atoms with van der Waals surface area (Å²) in [6, 6.07) is 14.0. The van der Waals surface area contributed by atoms with Gasteiger partial charge >= 0.3 is 0 Å². The van der Waals surface area contributed by atoms with Crippen molar-refractivity contribution in [2.24, 2.45) is 0 Å². The number of nitrogens with one attached hydrogen (secondary N) is 2. The maximum absolute atomic E-state index is 13.4. The van der Waals surface area contributed by atoms with Crippen LogP contribution in [-0.4, -0.2) is 61.7 Å². The lowest BCUT2D eigenvalue weighted by atomic mass is 10.0. The van der Waals surface area contributed by atoms with E-state index in [0.29, 0.717) is 40.9 Å². The summed E-state index contributed by atoms with van der Waals surface area (Å²) in [5.41, 5.74) is 5.48. The molecule has 42 heavy (non-hydrogen) atoms. The van der Waals surface area contributed by atoms with Crippen molar-refractivity contribution in [3.63, 3.8) is 0 Å². The number of aromatic nitrogens is 3. The number of benzene rings is 2. The Kier molecular flexibility index (Phi) is 8.18. The van der Waals surface area contributed by atoms with Crippen LogP contribution in [0.4, 0.5) is 28.8 Å². The van der Waals surface area contributed by atoms with Gasteiger partial charge in [-0.05, 0) is 63.8 Å². The molecule has 0 spiro atoms. The Labute approximate surface area is 256 Å². The van der Waals surface area contributed by atoms with Crippen LogP contribution in [0, 0.1) is 0 Å². The Balaban J connectivity index is 1.37. The zero-order valence-corrected chi connectivity index (χ0v) is 26.7. The first-order chi connectivity index (χ1) is 20.3. The van der Waals surface area contributed by atoms with E-state index >= 15 is 0 Å². The maximum Gasteiger partial charge on any atom is 0.229 e. The van der Waals surface area contributed by atoms with E-state index in [0.717, 1.165) is 51.8 Å². The van der Waals surface area contributed by atoms with Crippen LogP contribution in [0.2, 0.25) is 0 Å². The van der Waals surface area contributed by atoms with Gasteiger partial charge < -0.3 is 29.6 Å². The highest BCUT2D eigenvalue weighted by molar-refractivity contribution is 9.10. The molecule has 1 aliphatic rings. The SMILES string of the molecule is COc1cc(N2CCOCC2)c(-c2ccsc2)cc1Nc1ncc(Br)c(Nc2cnc3ccccc3c2P(C)(C)=O)n1. The molecule has 0 amide bonds. The Morgan fingerprint density at radius 2 is 1.86 bits per heavy atom. The third kappa shape index (κ3) is 5.87. The Morgan fingerprint density at radius 3 is 2.60 bits per heavy atom. The molecule has 9 nitrogen and oxygen atoms in total. The highest BCUT2D eigenvalue weighted by atomic mass is 79.9. The van der Waals surface area contributed by atoms with Crippen molar-refractivity contribution in [1.29, 1.82) is 0 Å². The van der Waals surface area contributed by atoms with Crippen molar-refractivity contribution in [3.8, 4) is 16.9 Å². The molecule has 1 aliphatic heterocycles. The Bertz CT molecular complexity index is 1790. The fourth-order valence-electron chi connectivity index (χ4n) is 5.11. The Hall–Kier alpha value is -3.50. The zero-order chi connectivity index (χ0) is 29.3. The summed E-state index contributed by atoms with van der Waals surface area (Å²) in [5, 5.41) is 12.5. The molecule has 0 unspecified atom stereocenters. The fraction of sp³-hybridized carbons (Fsp3) is 0.233. The molecule has 5 aromatic rings. The number of halogens is 1. The minimum Gasteiger partial charge on any atom is -0.494 e. The first-order valence-corrected chi connectivity index (χ1v) is 17.7. The number of nitrogens with zero attached hydrogens (tertiary/aromatic N) is 4. The standard InChI is InChI=1S/C30H30BrN6O3PS/c1-39-27-15-26(37-9-11-40-12-10-37)21(19-8-13-42-18-19)14-24(27)35-30-33-16-22(31)29(36-30)34-25-17-32-23-7-5-4-6-20(23)28(25)41(2,3)38/h4-8,13-18H,9-12H2,1-3H3,(H2,33,34,35,36). The molecule has 1 fully saturated rings. The second kappa shape index (κ2) is 12.0. The number of hydrogen-bond acceptors (Lipinski definition) is 10. The summed E-state index contributed by atoms with van der Waals surface area (Å²) in [4.78, 5) is 16.2. The van der Waals surface area contributed by atoms with Crippen molar-refractivity contribution in [3.05, 3.63) is 70.1 Å². The van der Waals surface area contributed by atoms with Crippen LogP contribution in [0.15, 0.2) is 70.1 Å². The number of fused-ring (bicyclic) bond motifs is 1. The number of hydrogen-bond donors (Lipinski definition) is 2. The summed E-state index contributed by atoms with van der Waals surface area (Å²) in [6.45, 7) is 6.53. The quantitative estimate of drug-likeness (QED) is 0.168. The molecule has 216 valence electrons. The van der Waals surface area contributed by atoms with Crippen molar-refractivity contribution in [2.75, 3.05) is 62.3 Å². The van der Waals surface area contributed by atoms with Gasteiger partial charge in [-0.2, -0.15) is 16.3 Å². The van der Waals surface area contributed by atoms with Gasteiger partial charge in [0.25, 0.3) is 0 Å². The monoisotopic (exact) mass is 664 g/mol. The van der Waals surface area contributed by atoms with Crippen molar-refractivity contribution in [1.82, 2.24) is 15.0 Å². The smallest absolute Gasteiger partial charge is 0.229 e. The van der Waals surface area contributed by atoms with Crippen molar-refractivity contribution in [2.45, 2.75) is 0 Å². The molecule has 0 bridgehead atoms. The highest BCUT2D eigenvalue weighted by Crippen LogP contribution is 2.43. The fourth-order valence-corrected chi connectivity index (χ4v) is 7.52. The topological polar surface area (TPSA) is 102 Å². The number of methoxy groups -OCH3 is 1. The van der Waals surface area contributed by atoms with Gasteiger partial charge in [0.05, 0.1) is 47.9 Å². The van der Waals surface area contributed by atoms with Crippen molar-refractivity contribution >= 4 is 79.4 Å². The lowest BCUT2D eigenvalue weighted by Gasteiger charge is -2.31. The van der Waals surface area contributed by atoms with Crippen LogP contribution < -0.4 is 25.6 Å². The molecule has 0 atom stereocenters. The number of para-hydroxylation sites is 1. The molecule has 12 heteroatoms. The first-order valence-electron chi connectivity index (χ1n) is 13.4. The third-order valence-electron chi connectivity index (χ3n) is 7.03. The largest absolute Gasteiger partial charge is 0.494 e. The lowest BCUT2D eigenvalue weighted by molar-refractivity contribution is 0.122. The average Bonchev–Trinajstić information content (AvgIpc) is 3.53. The number of ether oxygens (including phenoxy) is 2. The van der Waals surface area contributed by atoms with Crippen LogP contribution in [-0.2, 0) is 9.30 Å². The number of thiophene rings is 1. The molecule has 0 saturated carbocycles. The molecule has 0 radical (unpaired) electrons. The molecular weight excluding hydrogens is 635 g/mol. The molecule has 0 aliphatic carbocycles. The summed E-state index contributed by atoms with van der Waals surface area (Å²) >= 11 is 5.23. The average molecular weight is 666 g/mol. The van der Waals surface area contributed by atoms with Gasteiger partial charge in [-0.25, -0.2) is 4.98 Å². The molecule has 1 saturated heterocycles. The predicted octanol–water partition coefficient (Wildman–Crippen LogP) is 7.10. The van der Waals surface area contributed by atoms with Crippen LogP contribution in [0.5, 0.6) is 5.75 Å². The predicted molar refractivity (Wildman–Crippen MR) is 176 cm³/mol. The summed E-state index contributed by atoms with van der Waals surface area (Å²) in [7, 11) is -1.02. The second-order valence-corrected chi connectivity index (χ2v) is 15.0. The van der Waals surface area contributed by atoms with Crippen LogP contribution >= 0.6 is 34.4 Å². The second-order valence-electron chi connectivity index (χ2n) is 10.2. The molecule has 4 heterocycles. The number of anilines is 5. The van der Waals surface area contributed by atoms with Crippen LogP contribution in [0.1, 0.15) is 0 Å². The van der Waals surface area contributed by atoms with Gasteiger partial charge in [0.1, 0.15) is 18.7 Å². The van der Waals surface area contributed by atoms with E-state index in [-0.39, 0.29) is 0 Å². The van der Waals surface area contributed by atoms with Gasteiger partial charge in [0, 0.05) is 47.3 Å². The van der Waals surface area contributed by atoms with E-state index in [4.69, 9.17) is 14.5 Å². The molecule has 6 rings (SSSR count). The van der Waals surface area contributed by atoms with E-state index in [1.165, 1.54) is 0 Å². The Morgan fingerprint density at radius 1 is 1.05 bits per heavy atom. The van der Waals surface area contributed by atoms with E-state index < -0.39 is 7.14 Å². The maximum atomic E-state index is 13.4. The molecule has 2 N–H and O–H groups in total. The zero-order valence-electron chi connectivity index (χ0n) is 23.4. The third-order valence-corrected chi connectivity index (χ3v) is 9.85. The van der Waals surface area contributed by atoms with E-state index in [2.05, 4.69) is 70.4 Å². The summed E-state index contributed by atoms with van der Waals surface area (Å²) < 4.78 is 25.5. The number of pyridine rings is 1. The van der Waals surface area contributed by atoms with Crippen LogP contribution in [0.3, 0.4) is 0 Å². The van der Waals surface area contributed by atoms with Crippen LogP contribution in [0.25, 0.3) is 22.0 Å². The van der Waals surface area contributed by atoms with Gasteiger partial charge in [-0.1, -0.05) is 18.2 Å². The molecule has 3 aromatic heterocycles. The first kappa shape index (κ1) is 28.6. The molecule has 2 aromatic carbocycles. The lowest BCUT2D eigenvalue weighted by Crippen LogP contribution is -2.36. The molecular formula is C30H30BrN6O3PS. The van der Waals surface area contributed by atoms with Gasteiger partial charge in [0.2, 0.25) is 5.95 Å². The van der Waals surface area contributed by atoms with E-state index in [1.54, 1.807) is 44.2 Å². The highest BCUT2D eigenvalue weighted by Gasteiger charge is 2.23. The summed E-state index contributed by atoms with van der Waals surface area (Å²) in [5.74, 6) is 1.57. The van der Waals surface area contributed by atoms with Crippen molar-refractivity contribution < 1.29 is 14.0 Å². The van der Waals surface area contributed by atoms with E-state index in [1.807, 2.05) is 24.3 Å². The minimum atomic E-state index is -2.68. The minimum absolute atomic E-state index is 0.376. The van der Waals surface area contributed by atoms with E-state index in [9.17, 15) is 4.57 Å². The number of rotatable bonds is 8.